The Bertz CT molecular complexity index is 1300. The molecular weight excluding hydrogens is 428 g/mol. The second kappa shape index (κ2) is 9.27. The van der Waals surface area contributed by atoms with Crippen LogP contribution in [-0.2, 0) is 4.79 Å². The zero-order chi connectivity index (χ0) is 22.6. The smallest absolute Gasteiger partial charge is 0.180 e. The summed E-state index contributed by atoms with van der Waals surface area (Å²) in [5.41, 5.74) is 3.29. The van der Waals surface area contributed by atoms with E-state index in [4.69, 9.17) is 0 Å². The van der Waals surface area contributed by atoms with Crippen molar-refractivity contribution in [2.24, 2.45) is 16.1 Å². The average Bonchev–Trinajstić information content (AvgIpc) is 3.47. The van der Waals surface area contributed by atoms with Crippen LogP contribution in [0.3, 0.4) is 0 Å². The Hall–Kier alpha value is -3.96. The molecule has 1 aromatic heterocycles. The normalized spacial score (nSPS) is 16.6. The Morgan fingerprint density at radius 3 is 2.00 bits per heavy atom. The Morgan fingerprint density at radius 1 is 0.788 bits per heavy atom. The van der Waals surface area contributed by atoms with Gasteiger partial charge in [0.25, 0.3) is 0 Å². The maximum absolute atomic E-state index is 14.1. The summed E-state index contributed by atoms with van der Waals surface area (Å²) in [6.07, 6.45) is 1.65. The molecule has 5 heteroatoms. The number of fused-ring (bicyclic) bond motifs is 1. The van der Waals surface area contributed by atoms with E-state index in [0.717, 1.165) is 16.0 Å². The lowest BCUT2D eigenvalue weighted by Gasteiger charge is -2.20. The number of carbonyl (C=O) groups is 2. The third kappa shape index (κ3) is 4.11. The van der Waals surface area contributed by atoms with Crippen molar-refractivity contribution in [3.05, 3.63) is 130 Å². The van der Waals surface area contributed by atoms with E-state index in [-0.39, 0.29) is 11.6 Å². The zero-order valence-electron chi connectivity index (χ0n) is 17.7. The molecule has 1 atom stereocenters. The predicted octanol–water partition coefficient (Wildman–Crippen LogP) is 5.79. The molecule has 0 aliphatic heterocycles. The Kier molecular flexibility index (Phi) is 5.87. The van der Waals surface area contributed by atoms with Gasteiger partial charge in [0.15, 0.2) is 11.6 Å². The summed E-state index contributed by atoms with van der Waals surface area (Å²) in [6.45, 7) is 0. The first-order chi connectivity index (χ1) is 16.2. The Labute approximate surface area is 196 Å². The van der Waals surface area contributed by atoms with Gasteiger partial charge in [-0.3, -0.25) is 9.59 Å². The van der Waals surface area contributed by atoms with Crippen LogP contribution >= 0.6 is 11.3 Å². The van der Waals surface area contributed by atoms with E-state index in [9.17, 15) is 9.59 Å². The largest absolute Gasteiger partial charge is 0.297 e. The van der Waals surface area contributed by atoms with Crippen LogP contribution < -0.4 is 0 Å². The Morgan fingerprint density at radius 2 is 1.39 bits per heavy atom. The molecule has 0 saturated heterocycles. The maximum Gasteiger partial charge on any atom is 0.180 e. The highest BCUT2D eigenvalue weighted by molar-refractivity contribution is 7.11. The SMILES string of the molecule is O=C1c2ccccc2C(=NN=Cc2cccs2)C1C(=O)C(c1ccccc1)c1ccccc1. The molecule has 3 aromatic carbocycles. The topological polar surface area (TPSA) is 58.9 Å². The summed E-state index contributed by atoms with van der Waals surface area (Å²) < 4.78 is 0. The molecule has 4 aromatic rings. The first kappa shape index (κ1) is 20.9. The van der Waals surface area contributed by atoms with Crippen molar-refractivity contribution in [1.82, 2.24) is 0 Å². The summed E-state index contributed by atoms with van der Waals surface area (Å²) in [5.74, 6) is -2.01. The van der Waals surface area contributed by atoms with Crippen molar-refractivity contribution in [1.29, 1.82) is 0 Å². The van der Waals surface area contributed by atoms with Crippen molar-refractivity contribution < 1.29 is 9.59 Å². The van der Waals surface area contributed by atoms with Gasteiger partial charge in [0.1, 0.15) is 5.92 Å². The van der Waals surface area contributed by atoms with Gasteiger partial charge in [-0.15, -0.1) is 11.3 Å². The fourth-order valence-corrected chi connectivity index (χ4v) is 4.80. The van der Waals surface area contributed by atoms with Crippen molar-refractivity contribution in [3.8, 4) is 0 Å². The number of carbonyl (C=O) groups excluding carboxylic acids is 2. The number of hydrogen-bond acceptors (Lipinski definition) is 5. The van der Waals surface area contributed by atoms with Gasteiger partial charge in [-0.1, -0.05) is 91.0 Å². The lowest BCUT2D eigenvalue weighted by molar-refractivity contribution is -0.120. The molecule has 0 fully saturated rings. The van der Waals surface area contributed by atoms with Crippen LogP contribution in [0.4, 0.5) is 0 Å². The molecule has 33 heavy (non-hydrogen) atoms. The van der Waals surface area contributed by atoms with Gasteiger partial charge < -0.3 is 0 Å². The van der Waals surface area contributed by atoms with Crippen molar-refractivity contribution >= 4 is 34.8 Å². The van der Waals surface area contributed by atoms with Crippen LogP contribution in [-0.4, -0.2) is 23.5 Å². The van der Waals surface area contributed by atoms with Crippen LogP contribution in [0.5, 0.6) is 0 Å². The fourth-order valence-electron chi connectivity index (χ4n) is 4.22. The number of benzene rings is 3. The van der Waals surface area contributed by atoms with E-state index in [1.54, 1.807) is 23.6 Å². The number of rotatable bonds is 6. The molecule has 0 N–H and O–H groups in total. The summed E-state index contributed by atoms with van der Waals surface area (Å²) >= 11 is 1.55. The lowest BCUT2D eigenvalue weighted by Crippen LogP contribution is -2.31. The molecule has 5 rings (SSSR count). The van der Waals surface area contributed by atoms with Crippen molar-refractivity contribution in [2.75, 3.05) is 0 Å². The summed E-state index contributed by atoms with van der Waals surface area (Å²) in [7, 11) is 0. The molecular formula is C28H20N2O2S. The van der Waals surface area contributed by atoms with Crippen LogP contribution in [0.25, 0.3) is 0 Å². The molecule has 0 spiro atoms. The molecule has 0 bridgehead atoms. The van der Waals surface area contributed by atoms with Crippen molar-refractivity contribution in [2.45, 2.75) is 5.92 Å². The van der Waals surface area contributed by atoms with E-state index in [1.807, 2.05) is 96.4 Å². The number of hydrogen-bond donors (Lipinski definition) is 0. The molecule has 0 saturated carbocycles. The zero-order valence-corrected chi connectivity index (χ0v) is 18.5. The summed E-state index contributed by atoms with van der Waals surface area (Å²) in [4.78, 5) is 28.5. The fraction of sp³-hybridized carbons (Fsp3) is 0.0714. The first-order valence-electron chi connectivity index (χ1n) is 10.7. The van der Waals surface area contributed by atoms with E-state index < -0.39 is 11.8 Å². The minimum absolute atomic E-state index is 0.196. The number of ketones is 2. The van der Waals surface area contributed by atoms with E-state index >= 15 is 0 Å². The predicted molar refractivity (Wildman–Crippen MR) is 132 cm³/mol. The Balaban J connectivity index is 1.60. The highest BCUT2D eigenvalue weighted by atomic mass is 32.1. The molecule has 1 heterocycles. The van der Waals surface area contributed by atoms with E-state index in [1.165, 1.54) is 0 Å². The standard InChI is InChI=1S/C28H20N2O2S/c31-27-23-16-8-7-15-22(23)26(30-29-18-21-14-9-17-33-21)25(27)28(32)24(19-10-3-1-4-11-19)20-12-5-2-6-13-20/h1-18,24-25H. The minimum Gasteiger partial charge on any atom is -0.297 e. The van der Waals surface area contributed by atoms with Gasteiger partial charge in [-0.2, -0.15) is 10.2 Å². The summed E-state index contributed by atoms with van der Waals surface area (Å²) in [5, 5.41) is 10.6. The van der Waals surface area contributed by atoms with Crippen molar-refractivity contribution in [3.63, 3.8) is 0 Å². The van der Waals surface area contributed by atoms with Crippen LogP contribution in [0.15, 0.2) is 113 Å². The lowest BCUT2D eigenvalue weighted by atomic mass is 9.80. The van der Waals surface area contributed by atoms with Crippen LogP contribution in [0.1, 0.15) is 37.8 Å². The molecule has 4 nitrogen and oxygen atoms in total. The quantitative estimate of drug-likeness (QED) is 0.213. The molecule has 0 amide bonds. The summed E-state index contributed by atoms with van der Waals surface area (Å²) in [6, 6.07) is 30.3. The van der Waals surface area contributed by atoms with Gasteiger partial charge in [-0.05, 0) is 22.6 Å². The minimum atomic E-state index is -1.01. The highest BCUT2D eigenvalue weighted by Gasteiger charge is 2.44. The van der Waals surface area contributed by atoms with Gasteiger partial charge >= 0.3 is 0 Å². The van der Waals surface area contributed by atoms with Gasteiger partial charge in [0.2, 0.25) is 0 Å². The second-order valence-electron chi connectivity index (χ2n) is 7.74. The van der Waals surface area contributed by atoms with E-state index in [2.05, 4.69) is 10.2 Å². The molecule has 0 radical (unpaired) electrons. The first-order valence-corrected chi connectivity index (χ1v) is 11.5. The number of Topliss-reactive ketones (excluding diaryl/α,β-unsaturated/α-hetero) is 2. The van der Waals surface area contributed by atoms with Crippen LogP contribution in [0, 0.1) is 5.92 Å². The van der Waals surface area contributed by atoms with Gasteiger partial charge in [-0.25, -0.2) is 0 Å². The second-order valence-corrected chi connectivity index (χ2v) is 8.72. The molecule has 160 valence electrons. The average molecular weight is 449 g/mol. The van der Waals surface area contributed by atoms with Gasteiger partial charge in [0.05, 0.1) is 17.8 Å². The third-order valence-corrected chi connectivity index (χ3v) is 6.54. The molecule has 1 aliphatic rings. The highest BCUT2D eigenvalue weighted by Crippen LogP contribution is 2.35. The van der Waals surface area contributed by atoms with Gasteiger partial charge in [0, 0.05) is 16.0 Å². The van der Waals surface area contributed by atoms with Crippen LogP contribution in [0.2, 0.25) is 0 Å². The monoisotopic (exact) mass is 448 g/mol. The third-order valence-electron chi connectivity index (χ3n) is 5.73. The maximum atomic E-state index is 14.1. The molecule has 1 unspecified atom stereocenters. The molecule has 1 aliphatic carbocycles. The number of nitrogens with zero attached hydrogens (tertiary/aromatic N) is 2. The number of thiophene rings is 1. The van der Waals surface area contributed by atoms with E-state index in [0.29, 0.717) is 16.8 Å².